The van der Waals surface area contributed by atoms with E-state index in [4.69, 9.17) is 4.74 Å². The maximum atomic E-state index is 14.2. The van der Waals surface area contributed by atoms with Crippen LogP contribution in [0.15, 0.2) is 54.6 Å². The van der Waals surface area contributed by atoms with Crippen molar-refractivity contribution in [3.63, 3.8) is 0 Å². The molecule has 0 aromatic heterocycles. The molecular weight excluding hydrogens is 343 g/mol. The minimum absolute atomic E-state index is 0. The topological polar surface area (TPSA) is 50.4 Å². The lowest BCUT2D eigenvalue weighted by atomic mass is 9.98. The maximum absolute atomic E-state index is 14.2. The van der Waals surface area contributed by atoms with Crippen LogP contribution in [0.1, 0.15) is 17.2 Å². The molecule has 1 heterocycles. The first-order chi connectivity index (χ1) is 11.7. The summed E-state index contributed by atoms with van der Waals surface area (Å²) in [5.41, 5.74) is 1.52. The molecule has 0 aliphatic carbocycles. The monoisotopic (exact) mass is 364 g/mol. The van der Waals surface area contributed by atoms with Crippen molar-refractivity contribution in [2.45, 2.75) is 18.6 Å². The second-order valence-corrected chi connectivity index (χ2v) is 5.84. The van der Waals surface area contributed by atoms with Gasteiger partial charge in [-0.25, -0.2) is 4.39 Å². The normalized spacial score (nSPS) is 18.0. The molecule has 134 valence electrons. The van der Waals surface area contributed by atoms with Crippen molar-refractivity contribution in [3.05, 3.63) is 71.5 Å². The van der Waals surface area contributed by atoms with E-state index in [1.807, 2.05) is 30.3 Å². The van der Waals surface area contributed by atoms with Gasteiger partial charge in [0.1, 0.15) is 11.9 Å². The lowest BCUT2D eigenvalue weighted by molar-refractivity contribution is -0.135. The van der Waals surface area contributed by atoms with Crippen LogP contribution in [0.2, 0.25) is 0 Å². The summed E-state index contributed by atoms with van der Waals surface area (Å²) in [4.78, 5) is 12.5. The van der Waals surface area contributed by atoms with Crippen LogP contribution < -0.4 is 10.6 Å². The average Bonchev–Trinajstić information content (AvgIpc) is 2.63. The Morgan fingerprint density at radius 1 is 1.20 bits per heavy atom. The Morgan fingerprint density at radius 2 is 1.92 bits per heavy atom. The van der Waals surface area contributed by atoms with Crippen molar-refractivity contribution in [2.24, 2.45) is 0 Å². The molecule has 0 saturated carbocycles. The van der Waals surface area contributed by atoms with E-state index in [0.29, 0.717) is 25.1 Å². The number of carbonyl (C=O) groups is 1. The van der Waals surface area contributed by atoms with Crippen LogP contribution in [-0.4, -0.2) is 31.7 Å². The Hall–Kier alpha value is -1.95. The molecule has 1 saturated heterocycles. The fourth-order valence-corrected chi connectivity index (χ4v) is 2.84. The molecule has 2 N–H and O–H groups in total. The number of ether oxygens (including phenoxy) is 1. The molecule has 2 aromatic rings. The van der Waals surface area contributed by atoms with Crippen molar-refractivity contribution in [3.8, 4) is 0 Å². The summed E-state index contributed by atoms with van der Waals surface area (Å²) in [5.74, 6) is -0.534. The lowest BCUT2D eigenvalue weighted by Crippen LogP contribution is -2.48. The number of nitrogens with one attached hydrogen (secondary N) is 2. The van der Waals surface area contributed by atoms with Crippen LogP contribution in [-0.2, 0) is 16.0 Å². The molecule has 0 radical (unpaired) electrons. The van der Waals surface area contributed by atoms with Crippen molar-refractivity contribution < 1.29 is 13.9 Å². The fraction of sp³-hybridized carbons (Fsp3) is 0.316. The number of hydrogen-bond donors (Lipinski definition) is 2. The van der Waals surface area contributed by atoms with Gasteiger partial charge in [0.2, 0.25) is 0 Å². The molecule has 1 aliphatic heterocycles. The highest BCUT2D eigenvalue weighted by atomic mass is 35.5. The summed E-state index contributed by atoms with van der Waals surface area (Å²) < 4.78 is 19.7. The summed E-state index contributed by atoms with van der Waals surface area (Å²) in [6, 6.07) is 15.9. The van der Waals surface area contributed by atoms with E-state index in [0.717, 1.165) is 12.1 Å². The Bertz CT molecular complexity index is 678. The summed E-state index contributed by atoms with van der Waals surface area (Å²) in [7, 11) is 0. The first-order valence-corrected chi connectivity index (χ1v) is 8.15. The zero-order valence-electron chi connectivity index (χ0n) is 13.8. The van der Waals surface area contributed by atoms with Gasteiger partial charge in [0, 0.05) is 18.7 Å². The van der Waals surface area contributed by atoms with Gasteiger partial charge in [0.05, 0.1) is 12.6 Å². The molecule has 6 heteroatoms. The van der Waals surface area contributed by atoms with Gasteiger partial charge in [-0.1, -0.05) is 48.5 Å². The fourth-order valence-electron chi connectivity index (χ4n) is 2.84. The third-order valence-corrected chi connectivity index (χ3v) is 4.10. The van der Waals surface area contributed by atoms with Gasteiger partial charge in [0.15, 0.2) is 0 Å². The number of morpholine rings is 1. The summed E-state index contributed by atoms with van der Waals surface area (Å²) in [5, 5.41) is 6.08. The second kappa shape index (κ2) is 9.51. The zero-order chi connectivity index (χ0) is 16.8. The molecule has 3 rings (SSSR count). The quantitative estimate of drug-likeness (QED) is 0.857. The first-order valence-electron chi connectivity index (χ1n) is 8.15. The van der Waals surface area contributed by atoms with E-state index >= 15 is 0 Å². The molecule has 0 spiro atoms. The molecule has 2 aromatic carbocycles. The predicted molar refractivity (Wildman–Crippen MR) is 97.3 cm³/mol. The van der Waals surface area contributed by atoms with Gasteiger partial charge in [-0.2, -0.15) is 0 Å². The Morgan fingerprint density at radius 3 is 2.60 bits per heavy atom. The molecule has 1 amide bonds. The average molecular weight is 365 g/mol. The summed E-state index contributed by atoms with van der Waals surface area (Å²) in [6.07, 6.45) is -0.0167. The second-order valence-electron chi connectivity index (χ2n) is 5.84. The van der Waals surface area contributed by atoms with Crippen LogP contribution in [0.3, 0.4) is 0 Å². The molecular formula is C19H22ClFN2O2. The van der Waals surface area contributed by atoms with E-state index in [-0.39, 0.29) is 24.1 Å². The minimum Gasteiger partial charge on any atom is -0.366 e. The Balaban J connectivity index is 0.00000225. The highest BCUT2D eigenvalue weighted by Crippen LogP contribution is 2.21. The number of hydrogen-bond acceptors (Lipinski definition) is 3. The van der Waals surface area contributed by atoms with Gasteiger partial charge < -0.3 is 15.4 Å². The van der Waals surface area contributed by atoms with Crippen LogP contribution in [0, 0.1) is 5.82 Å². The van der Waals surface area contributed by atoms with Crippen molar-refractivity contribution in [2.75, 3.05) is 19.7 Å². The van der Waals surface area contributed by atoms with E-state index in [1.165, 1.54) is 6.07 Å². The van der Waals surface area contributed by atoms with Crippen LogP contribution in [0.5, 0.6) is 0 Å². The van der Waals surface area contributed by atoms with Crippen molar-refractivity contribution in [1.82, 2.24) is 10.6 Å². The number of rotatable bonds is 5. The molecule has 1 aliphatic rings. The molecule has 25 heavy (non-hydrogen) atoms. The van der Waals surface area contributed by atoms with Crippen LogP contribution >= 0.6 is 12.4 Å². The Kier molecular flexibility index (Phi) is 7.37. The molecule has 4 nitrogen and oxygen atoms in total. The largest absolute Gasteiger partial charge is 0.366 e. The van der Waals surface area contributed by atoms with Crippen LogP contribution in [0.4, 0.5) is 4.39 Å². The molecule has 2 atom stereocenters. The lowest BCUT2D eigenvalue weighted by Gasteiger charge is -2.26. The van der Waals surface area contributed by atoms with Gasteiger partial charge in [-0.3, -0.25) is 4.79 Å². The minimum atomic E-state index is -0.538. The number of amides is 1. The number of carbonyl (C=O) groups excluding carboxylic acids is 1. The van der Waals surface area contributed by atoms with Gasteiger partial charge in [-0.05, 0) is 18.1 Å². The van der Waals surface area contributed by atoms with Gasteiger partial charge >= 0.3 is 0 Å². The van der Waals surface area contributed by atoms with E-state index in [2.05, 4.69) is 10.6 Å². The number of benzene rings is 2. The maximum Gasteiger partial charge on any atom is 0.250 e. The summed E-state index contributed by atoms with van der Waals surface area (Å²) >= 11 is 0. The van der Waals surface area contributed by atoms with E-state index in [9.17, 15) is 9.18 Å². The van der Waals surface area contributed by atoms with Gasteiger partial charge in [0.25, 0.3) is 5.91 Å². The zero-order valence-corrected chi connectivity index (χ0v) is 14.6. The third-order valence-electron chi connectivity index (χ3n) is 4.10. The predicted octanol–water partition coefficient (Wildman–Crippen LogP) is 2.64. The van der Waals surface area contributed by atoms with E-state index < -0.39 is 12.1 Å². The third kappa shape index (κ3) is 5.26. The standard InChI is InChI=1S/C19H21FN2O2.ClH/c20-16-9-5-4-8-15(16)17(12-14-6-2-1-3-7-14)22-19(23)18-13-21-10-11-24-18;/h1-9,17-18,21H,10-13H2,(H,22,23);1H. The summed E-state index contributed by atoms with van der Waals surface area (Å²) in [6.45, 7) is 1.72. The molecule has 2 unspecified atom stereocenters. The molecule has 1 fully saturated rings. The number of halogens is 2. The van der Waals surface area contributed by atoms with E-state index in [1.54, 1.807) is 18.2 Å². The highest BCUT2D eigenvalue weighted by Gasteiger charge is 2.26. The van der Waals surface area contributed by atoms with Crippen molar-refractivity contribution >= 4 is 18.3 Å². The van der Waals surface area contributed by atoms with Crippen LogP contribution in [0.25, 0.3) is 0 Å². The van der Waals surface area contributed by atoms with Crippen molar-refractivity contribution in [1.29, 1.82) is 0 Å². The Labute approximate surface area is 153 Å². The highest BCUT2D eigenvalue weighted by molar-refractivity contribution is 5.85. The van der Waals surface area contributed by atoms with Gasteiger partial charge in [-0.15, -0.1) is 12.4 Å². The smallest absolute Gasteiger partial charge is 0.250 e. The SMILES string of the molecule is Cl.O=C(NC(Cc1ccccc1)c1ccccc1F)C1CNCCO1. The first kappa shape index (κ1) is 19.4. The molecule has 0 bridgehead atoms.